The summed E-state index contributed by atoms with van der Waals surface area (Å²) in [5, 5.41) is 0. The second kappa shape index (κ2) is 8.09. The maximum atomic E-state index is 5.35. The average molecular weight is 315 g/mol. The van der Waals surface area contributed by atoms with E-state index in [4.69, 9.17) is 9.47 Å². The molecule has 2 aliphatic rings. The van der Waals surface area contributed by atoms with Crippen molar-refractivity contribution >= 4 is 0 Å². The van der Waals surface area contributed by atoms with Crippen LogP contribution < -0.4 is 0 Å². The standard InChI is InChI=1S/C18H38N2O2/c1-19(2,13-17-15-21-17)11-9-7-5-6-8-10-12-20(3,4)14-18-16-22-18/h17-18H,5-16H2,1-4H3/q+2. The number of hydrogen-bond acceptors (Lipinski definition) is 2. The highest BCUT2D eigenvalue weighted by Crippen LogP contribution is 2.17. The van der Waals surface area contributed by atoms with Gasteiger partial charge in [0.2, 0.25) is 0 Å². The van der Waals surface area contributed by atoms with E-state index in [1.54, 1.807) is 0 Å². The SMILES string of the molecule is C[N+](C)(CCCCCCCC[N+](C)(C)CC1CO1)CC1CO1. The van der Waals surface area contributed by atoms with E-state index in [-0.39, 0.29) is 0 Å². The van der Waals surface area contributed by atoms with Gasteiger partial charge in [-0.2, -0.15) is 0 Å². The van der Waals surface area contributed by atoms with Crippen LogP contribution >= 0.6 is 0 Å². The first kappa shape index (κ1) is 18.2. The molecule has 130 valence electrons. The van der Waals surface area contributed by atoms with Crippen LogP contribution in [0.5, 0.6) is 0 Å². The molecular formula is C18H38N2O2+2. The third kappa shape index (κ3) is 8.47. The van der Waals surface area contributed by atoms with Gasteiger partial charge in [-0.1, -0.05) is 12.8 Å². The first-order valence-electron chi connectivity index (χ1n) is 9.24. The van der Waals surface area contributed by atoms with Gasteiger partial charge >= 0.3 is 0 Å². The normalized spacial score (nSPS) is 24.5. The molecule has 2 fully saturated rings. The molecule has 2 saturated heterocycles. The Labute approximate surface area is 137 Å². The third-order valence-corrected chi connectivity index (χ3v) is 4.98. The van der Waals surface area contributed by atoms with Gasteiger partial charge in [0.05, 0.1) is 54.5 Å². The number of quaternary nitrogens is 2. The van der Waals surface area contributed by atoms with E-state index in [9.17, 15) is 0 Å². The lowest BCUT2D eigenvalue weighted by molar-refractivity contribution is -0.891. The van der Waals surface area contributed by atoms with Crippen molar-refractivity contribution in [2.75, 3.05) is 67.6 Å². The molecule has 0 aromatic rings. The van der Waals surface area contributed by atoms with Gasteiger partial charge in [-0.05, 0) is 25.7 Å². The summed E-state index contributed by atoms with van der Waals surface area (Å²) >= 11 is 0. The highest BCUT2D eigenvalue weighted by Gasteiger charge is 2.31. The lowest BCUT2D eigenvalue weighted by Crippen LogP contribution is -2.43. The molecule has 0 aromatic carbocycles. The average Bonchev–Trinajstić information content (AvgIpc) is 3.29. The van der Waals surface area contributed by atoms with Crippen LogP contribution in [-0.4, -0.2) is 88.8 Å². The van der Waals surface area contributed by atoms with Crippen LogP contribution in [0.2, 0.25) is 0 Å². The number of ether oxygens (including phenoxy) is 2. The van der Waals surface area contributed by atoms with Crippen LogP contribution in [-0.2, 0) is 9.47 Å². The Hall–Kier alpha value is -0.160. The Morgan fingerprint density at radius 3 is 1.27 bits per heavy atom. The number of hydrogen-bond donors (Lipinski definition) is 0. The topological polar surface area (TPSA) is 25.1 Å². The number of epoxide rings is 2. The molecule has 0 amide bonds. The van der Waals surface area contributed by atoms with Crippen molar-refractivity contribution < 1.29 is 18.4 Å². The van der Waals surface area contributed by atoms with Crippen molar-refractivity contribution in [3.63, 3.8) is 0 Å². The van der Waals surface area contributed by atoms with E-state index in [1.165, 1.54) is 64.7 Å². The summed E-state index contributed by atoms with van der Waals surface area (Å²) in [7, 11) is 9.35. The monoisotopic (exact) mass is 314 g/mol. The zero-order chi connectivity index (χ0) is 16.1. The van der Waals surface area contributed by atoms with Crippen LogP contribution in [0.4, 0.5) is 0 Å². The second-order valence-electron chi connectivity index (χ2n) is 8.72. The van der Waals surface area contributed by atoms with E-state index in [0.29, 0.717) is 12.2 Å². The highest BCUT2D eigenvalue weighted by atomic mass is 16.6. The second-order valence-corrected chi connectivity index (χ2v) is 8.72. The maximum absolute atomic E-state index is 5.35. The molecule has 22 heavy (non-hydrogen) atoms. The zero-order valence-corrected chi connectivity index (χ0v) is 15.4. The van der Waals surface area contributed by atoms with Gasteiger partial charge in [-0.15, -0.1) is 0 Å². The van der Waals surface area contributed by atoms with Gasteiger partial charge < -0.3 is 18.4 Å². The van der Waals surface area contributed by atoms with Gasteiger partial charge in [0.25, 0.3) is 0 Å². The number of rotatable bonds is 13. The summed E-state index contributed by atoms with van der Waals surface area (Å²) in [5.41, 5.74) is 0. The fourth-order valence-corrected chi connectivity index (χ4v) is 3.42. The zero-order valence-electron chi connectivity index (χ0n) is 15.4. The molecule has 0 aliphatic carbocycles. The predicted molar refractivity (Wildman–Crippen MR) is 90.9 cm³/mol. The summed E-state index contributed by atoms with van der Waals surface area (Å²) in [6.07, 6.45) is 9.41. The van der Waals surface area contributed by atoms with Gasteiger partial charge in [0.1, 0.15) is 25.3 Å². The van der Waals surface area contributed by atoms with Crippen molar-refractivity contribution in [3.05, 3.63) is 0 Å². The molecule has 2 heterocycles. The predicted octanol–water partition coefficient (Wildman–Crippen LogP) is 2.28. The molecule has 2 unspecified atom stereocenters. The van der Waals surface area contributed by atoms with E-state index < -0.39 is 0 Å². The van der Waals surface area contributed by atoms with Crippen LogP contribution in [0, 0.1) is 0 Å². The summed E-state index contributed by atoms with van der Waals surface area (Å²) < 4.78 is 12.9. The summed E-state index contributed by atoms with van der Waals surface area (Å²) in [6.45, 7) is 6.96. The largest absolute Gasteiger partial charge is 0.367 e. The minimum Gasteiger partial charge on any atom is -0.367 e. The first-order chi connectivity index (χ1) is 10.4. The third-order valence-electron chi connectivity index (χ3n) is 4.98. The summed E-state index contributed by atoms with van der Waals surface area (Å²) in [4.78, 5) is 0. The molecule has 0 saturated carbocycles. The van der Waals surface area contributed by atoms with Crippen LogP contribution in [0.1, 0.15) is 38.5 Å². The minimum atomic E-state index is 0.553. The number of nitrogens with zero attached hydrogens (tertiary/aromatic N) is 2. The van der Waals surface area contributed by atoms with Crippen LogP contribution in [0.15, 0.2) is 0 Å². The molecule has 2 atom stereocenters. The van der Waals surface area contributed by atoms with Crippen LogP contribution in [0.3, 0.4) is 0 Å². The van der Waals surface area contributed by atoms with E-state index in [1.807, 2.05) is 0 Å². The quantitative estimate of drug-likeness (QED) is 0.296. The molecule has 0 bridgehead atoms. The van der Waals surface area contributed by atoms with Crippen molar-refractivity contribution in [1.82, 2.24) is 0 Å². The highest BCUT2D eigenvalue weighted by molar-refractivity contribution is 4.68. The lowest BCUT2D eigenvalue weighted by Gasteiger charge is -2.29. The molecular weight excluding hydrogens is 276 g/mol. The molecule has 4 heteroatoms. The van der Waals surface area contributed by atoms with Crippen molar-refractivity contribution in [3.8, 4) is 0 Å². The Morgan fingerprint density at radius 2 is 0.955 bits per heavy atom. The Balaban J connectivity index is 1.39. The Morgan fingerprint density at radius 1 is 0.636 bits per heavy atom. The number of unbranched alkanes of at least 4 members (excludes halogenated alkanes) is 5. The van der Waals surface area contributed by atoms with Crippen molar-refractivity contribution in [1.29, 1.82) is 0 Å². The first-order valence-corrected chi connectivity index (χ1v) is 9.24. The van der Waals surface area contributed by atoms with Crippen molar-refractivity contribution in [2.24, 2.45) is 0 Å². The molecule has 0 spiro atoms. The van der Waals surface area contributed by atoms with Crippen molar-refractivity contribution in [2.45, 2.75) is 50.7 Å². The minimum absolute atomic E-state index is 0.553. The molecule has 0 N–H and O–H groups in total. The molecule has 2 rings (SSSR count). The smallest absolute Gasteiger partial charge is 0.130 e. The van der Waals surface area contributed by atoms with Gasteiger partial charge in [0.15, 0.2) is 0 Å². The van der Waals surface area contributed by atoms with Gasteiger partial charge in [-0.25, -0.2) is 0 Å². The fraction of sp³-hybridized carbons (Fsp3) is 1.00. The summed E-state index contributed by atoms with van der Waals surface area (Å²) in [6, 6.07) is 0. The lowest BCUT2D eigenvalue weighted by atomic mass is 10.1. The van der Waals surface area contributed by atoms with E-state index in [2.05, 4.69) is 28.2 Å². The maximum Gasteiger partial charge on any atom is 0.130 e. The molecule has 4 nitrogen and oxygen atoms in total. The Kier molecular flexibility index (Phi) is 6.69. The molecule has 2 aliphatic heterocycles. The molecule has 0 radical (unpaired) electrons. The number of likely N-dealkylation sites (N-methyl/N-ethyl adjacent to an activating group) is 2. The Bertz CT molecular complexity index is 291. The van der Waals surface area contributed by atoms with Gasteiger partial charge in [0, 0.05) is 0 Å². The van der Waals surface area contributed by atoms with E-state index in [0.717, 1.165) is 22.2 Å². The fourth-order valence-electron chi connectivity index (χ4n) is 3.42. The van der Waals surface area contributed by atoms with Gasteiger partial charge in [-0.3, -0.25) is 0 Å². The van der Waals surface area contributed by atoms with E-state index >= 15 is 0 Å². The molecule has 0 aromatic heterocycles. The van der Waals surface area contributed by atoms with Crippen LogP contribution in [0.25, 0.3) is 0 Å². The summed E-state index contributed by atoms with van der Waals surface area (Å²) in [5.74, 6) is 0.